The zero-order valence-corrected chi connectivity index (χ0v) is 10.4. The van der Waals surface area contributed by atoms with E-state index in [9.17, 15) is 4.79 Å². The number of aliphatic carboxylic acids is 1. The van der Waals surface area contributed by atoms with Crippen LogP contribution in [0.1, 0.15) is 18.4 Å². The molecule has 0 aliphatic rings. The molecule has 1 unspecified atom stereocenters. The summed E-state index contributed by atoms with van der Waals surface area (Å²) in [6, 6.07) is 4.35. The highest BCUT2D eigenvalue weighted by atomic mass is 79.9. The molecule has 5 heteroatoms. The third kappa shape index (κ3) is 2.93. The molecule has 0 saturated heterocycles. The highest BCUT2D eigenvalue weighted by Crippen LogP contribution is 2.29. The van der Waals surface area contributed by atoms with Gasteiger partial charge in [-0.05, 0) is 23.8 Å². The maximum atomic E-state index is 10.7. The van der Waals surface area contributed by atoms with Gasteiger partial charge in [-0.2, -0.15) is 0 Å². The maximum absolute atomic E-state index is 10.7. The first kappa shape index (κ1) is 12.5. The fraction of sp³-hybridized carbons (Fsp3) is 0.300. The number of carbonyl (C=O) groups is 1. The number of nitrogens with two attached hydrogens (primary N) is 1. The van der Waals surface area contributed by atoms with E-state index in [1.165, 1.54) is 0 Å². The lowest BCUT2D eigenvalue weighted by Gasteiger charge is -2.17. The van der Waals surface area contributed by atoms with Gasteiger partial charge in [0.1, 0.15) is 6.04 Å². The molecule has 15 heavy (non-hydrogen) atoms. The molecule has 0 fully saturated rings. The Balaban J connectivity index is 3.04. The topological polar surface area (TPSA) is 63.3 Å². The zero-order chi connectivity index (χ0) is 11.6. The predicted octanol–water partition coefficient (Wildman–Crippen LogP) is 2.62. The molecular formula is C10H11BrClNO2. The second kappa shape index (κ2) is 4.96. The number of carboxylic acids is 1. The molecule has 0 spiro atoms. The SMILES string of the molecule is CC(c1cc(Br)ccc1Cl)[C@H](N)C(=O)O. The van der Waals surface area contributed by atoms with E-state index in [2.05, 4.69) is 15.9 Å². The Labute approximate surface area is 101 Å². The molecule has 82 valence electrons. The van der Waals surface area contributed by atoms with Crippen molar-refractivity contribution in [3.05, 3.63) is 33.3 Å². The first-order valence-corrected chi connectivity index (χ1v) is 5.54. The van der Waals surface area contributed by atoms with Crippen LogP contribution in [0.2, 0.25) is 5.02 Å². The molecule has 0 aliphatic carbocycles. The molecule has 1 aromatic carbocycles. The van der Waals surface area contributed by atoms with Crippen molar-refractivity contribution in [3.63, 3.8) is 0 Å². The summed E-state index contributed by atoms with van der Waals surface area (Å²) in [7, 11) is 0. The van der Waals surface area contributed by atoms with Gasteiger partial charge in [0.25, 0.3) is 0 Å². The number of benzene rings is 1. The van der Waals surface area contributed by atoms with Crippen LogP contribution in [0.3, 0.4) is 0 Å². The molecule has 3 nitrogen and oxygen atoms in total. The summed E-state index contributed by atoms with van der Waals surface area (Å²) in [5.74, 6) is -1.36. The van der Waals surface area contributed by atoms with Gasteiger partial charge in [0.05, 0.1) is 0 Å². The molecule has 0 amide bonds. The van der Waals surface area contributed by atoms with Crippen molar-refractivity contribution < 1.29 is 9.90 Å². The van der Waals surface area contributed by atoms with Crippen molar-refractivity contribution in [1.82, 2.24) is 0 Å². The van der Waals surface area contributed by atoms with Gasteiger partial charge in [-0.15, -0.1) is 0 Å². The van der Waals surface area contributed by atoms with Crippen LogP contribution in [-0.4, -0.2) is 17.1 Å². The van der Waals surface area contributed by atoms with Crippen LogP contribution >= 0.6 is 27.5 Å². The molecule has 2 atom stereocenters. The smallest absolute Gasteiger partial charge is 0.321 e. The quantitative estimate of drug-likeness (QED) is 0.900. The van der Waals surface area contributed by atoms with Gasteiger partial charge in [-0.1, -0.05) is 34.5 Å². The molecule has 0 aromatic heterocycles. The Morgan fingerprint density at radius 1 is 1.60 bits per heavy atom. The third-order valence-corrected chi connectivity index (χ3v) is 3.11. The molecule has 0 aliphatic heterocycles. The van der Waals surface area contributed by atoms with Crippen molar-refractivity contribution in [1.29, 1.82) is 0 Å². The van der Waals surface area contributed by atoms with Gasteiger partial charge < -0.3 is 10.8 Å². The number of rotatable bonds is 3. The standard InChI is InChI=1S/C10H11BrClNO2/c1-5(9(13)10(14)15)7-4-6(11)2-3-8(7)12/h2-5,9H,13H2,1H3,(H,14,15)/t5?,9-/m0/s1. The van der Waals surface area contributed by atoms with Gasteiger partial charge in [0.15, 0.2) is 0 Å². The van der Waals surface area contributed by atoms with E-state index < -0.39 is 12.0 Å². The van der Waals surface area contributed by atoms with Gasteiger partial charge in [0.2, 0.25) is 0 Å². The first-order valence-electron chi connectivity index (χ1n) is 4.37. The van der Waals surface area contributed by atoms with Crippen LogP contribution < -0.4 is 5.73 Å². The summed E-state index contributed by atoms with van der Waals surface area (Å²) >= 11 is 9.27. The van der Waals surface area contributed by atoms with E-state index in [0.717, 1.165) is 10.0 Å². The van der Waals surface area contributed by atoms with E-state index in [0.29, 0.717) is 5.02 Å². The van der Waals surface area contributed by atoms with E-state index in [-0.39, 0.29) is 5.92 Å². The van der Waals surface area contributed by atoms with Crippen LogP contribution in [-0.2, 0) is 4.79 Å². The normalized spacial score (nSPS) is 14.7. The van der Waals surface area contributed by atoms with Crippen LogP contribution in [0.5, 0.6) is 0 Å². The molecule has 3 N–H and O–H groups in total. The Morgan fingerprint density at radius 3 is 2.73 bits per heavy atom. The predicted molar refractivity (Wildman–Crippen MR) is 63.2 cm³/mol. The second-order valence-corrected chi connectivity index (χ2v) is 4.64. The Bertz CT molecular complexity index is 384. The lowest BCUT2D eigenvalue weighted by atomic mass is 9.94. The van der Waals surface area contributed by atoms with E-state index in [4.69, 9.17) is 22.4 Å². The number of halogens is 2. The highest BCUT2D eigenvalue weighted by molar-refractivity contribution is 9.10. The van der Waals surface area contributed by atoms with E-state index in [1.54, 1.807) is 25.1 Å². The summed E-state index contributed by atoms with van der Waals surface area (Å²) in [5.41, 5.74) is 6.27. The van der Waals surface area contributed by atoms with Crippen molar-refractivity contribution in [2.24, 2.45) is 5.73 Å². The minimum atomic E-state index is -1.03. The molecule has 0 saturated carbocycles. The average molecular weight is 293 g/mol. The number of hydrogen-bond acceptors (Lipinski definition) is 2. The fourth-order valence-corrected chi connectivity index (χ4v) is 1.94. The molecule has 1 rings (SSSR count). The largest absolute Gasteiger partial charge is 0.480 e. The summed E-state index contributed by atoms with van der Waals surface area (Å²) in [6.07, 6.45) is 0. The lowest BCUT2D eigenvalue weighted by Crippen LogP contribution is -2.35. The summed E-state index contributed by atoms with van der Waals surface area (Å²) in [5, 5.41) is 9.32. The number of hydrogen-bond donors (Lipinski definition) is 2. The Hall–Kier alpha value is -0.580. The van der Waals surface area contributed by atoms with Gasteiger partial charge >= 0.3 is 5.97 Å². The molecule has 0 radical (unpaired) electrons. The monoisotopic (exact) mass is 291 g/mol. The van der Waals surface area contributed by atoms with Crippen LogP contribution in [0.15, 0.2) is 22.7 Å². The minimum absolute atomic E-state index is 0.326. The Morgan fingerprint density at radius 2 is 2.20 bits per heavy atom. The minimum Gasteiger partial charge on any atom is -0.480 e. The molecule has 0 bridgehead atoms. The summed E-state index contributed by atoms with van der Waals surface area (Å²) in [6.45, 7) is 1.74. The van der Waals surface area contributed by atoms with Gasteiger partial charge in [-0.25, -0.2) is 0 Å². The van der Waals surface area contributed by atoms with Crippen molar-refractivity contribution in [2.75, 3.05) is 0 Å². The highest BCUT2D eigenvalue weighted by Gasteiger charge is 2.23. The molecular weight excluding hydrogens is 281 g/mol. The lowest BCUT2D eigenvalue weighted by molar-refractivity contribution is -0.138. The van der Waals surface area contributed by atoms with Gasteiger partial charge in [0, 0.05) is 15.4 Å². The van der Waals surface area contributed by atoms with Crippen molar-refractivity contribution in [3.8, 4) is 0 Å². The van der Waals surface area contributed by atoms with Gasteiger partial charge in [-0.3, -0.25) is 4.79 Å². The zero-order valence-electron chi connectivity index (χ0n) is 8.08. The van der Waals surface area contributed by atoms with E-state index >= 15 is 0 Å². The van der Waals surface area contributed by atoms with Crippen LogP contribution in [0, 0.1) is 0 Å². The van der Waals surface area contributed by atoms with Crippen LogP contribution in [0.4, 0.5) is 0 Å². The third-order valence-electron chi connectivity index (χ3n) is 2.27. The molecule has 0 heterocycles. The first-order chi connectivity index (χ1) is 6.93. The fourth-order valence-electron chi connectivity index (χ4n) is 1.27. The van der Waals surface area contributed by atoms with Crippen molar-refractivity contribution >= 4 is 33.5 Å². The Kier molecular flexibility index (Phi) is 4.13. The number of carboxylic acid groups (broad SMARTS) is 1. The molecule has 1 aromatic rings. The second-order valence-electron chi connectivity index (χ2n) is 3.32. The van der Waals surface area contributed by atoms with E-state index in [1.807, 2.05) is 0 Å². The summed E-state index contributed by atoms with van der Waals surface area (Å²) < 4.78 is 0.853. The average Bonchev–Trinajstić information content (AvgIpc) is 2.19. The van der Waals surface area contributed by atoms with Crippen molar-refractivity contribution in [2.45, 2.75) is 18.9 Å². The summed E-state index contributed by atoms with van der Waals surface area (Å²) in [4.78, 5) is 10.7. The maximum Gasteiger partial charge on any atom is 0.321 e. The van der Waals surface area contributed by atoms with Crippen LogP contribution in [0.25, 0.3) is 0 Å².